The van der Waals surface area contributed by atoms with Crippen LogP contribution >= 0.6 is 0 Å². The van der Waals surface area contributed by atoms with Gasteiger partial charge in [-0.15, -0.1) is 0 Å². The lowest BCUT2D eigenvalue weighted by molar-refractivity contribution is -0.167. The summed E-state index contributed by atoms with van der Waals surface area (Å²) in [7, 11) is 0. The highest BCUT2D eigenvalue weighted by Crippen LogP contribution is 2.13. The molecular formula is C61H96O6. The summed E-state index contributed by atoms with van der Waals surface area (Å²) in [5.74, 6) is -1.08. The van der Waals surface area contributed by atoms with E-state index in [1.165, 1.54) is 89.9 Å². The Balaban J connectivity index is 4.56. The first kappa shape index (κ1) is 62.5. The Labute approximate surface area is 411 Å². The molecule has 0 bridgehead atoms. The molecule has 0 saturated heterocycles. The second-order valence-corrected chi connectivity index (χ2v) is 17.1. The van der Waals surface area contributed by atoms with Gasteiger partial charge in [-0.05, 0) is 96.3 Å². The van der Waals surface area contributed by atoms with Gasteiger partial charge in [0.05, 0.1) is 0 Å². The third-order valence-electron chi connectivity index (χ3n) is 10.7. The van der Waals surface area contributed by atoms with E-state index in [9.17, 15) is 14.4 Å². The Kier molecular flexibility index (Phi) is 50.6. The lowest BCUT2D eigenvalue weighted by atomic mass is 10.1. The van der Waals surface area contributed by atoms with Crippen LogP contribution in [0, 0.1) is 0 Å². The van der Waals surface area contributed by atoms with Gasteiger partial charge in [-0.2, -0.15) is 0 Å². The predicted octanol–water partition coefficient (Wildman–Crippen LogP) is 17.9. The first-order valence-corrected chi connectivity index (χ1v) is 26.8. The van der Waals surface area contributed by atoms with E-state index >= 15 is 0 Å². The molecule has 1 atom stereocenters. The Morgan fingerprint density at radius 1 is 0.328 bits per heavy atom. The molecule has 0 amide bonds. The maximum absolute atomic E-state index is 12.8. The number of rotatable bonds is 46. The SMILES string of the molecule is CC/C=C/C=C/C=C/C=C/C=C/CCCC(=O)OCC(COC(=O)CCCCCCCCC/C=C/CCCCCCCCCC)OC(=O)CCC/C=C/C/C=C/C/C=C/C/C=C/C/C=C/CC. The van der Waals surface area contributed by atoms with E-state index in [1.807, 2.05) is 54.7 Å². The van der Waals surface area contributed by atoms with Gasteiger partial charge in [-0.3, -0.25) is 14.4 Å². The molecule has 1 unspecified atom stereocenters. The fraction of sp³-hybridized carbons (Fsp3) is 0.590. The predicted molar refractivity (Wildman–Crippen MR) is 288 cm³/mol. The van der Waals surface area contributed by atoms with Gasteiger partial charge in [0, 0.05) is 19.3 Å². The number of ether oxygens (including phenoxy) is 3. The molecule has 6 nitrogen and oxygen atoms in total. The summed E-state index contributed by atoms with van der Waals surface area (Å²) < 4.78 is 16.7. The summed E-state index contributed by atoms with van der Waals surface area (Å²) in [5.41, 5.74) is 0. The Bertz CT molecular complexity index is 1480. The van der Waals surface area contributed by atoms with Crippen molar-refractivity contribution in [2.45, 2.75) is 219 Å². The molecule has 0 rings (SSSR count). The smallest absolute Gasteiger partial charge is 0.306 e. The molecule has 0 heterocycles. The minimum atomic E-state index is -0.843. The second kappa shape index (κ2) is 54.2. The van der Waals surface area contributed by atoms with Gasteiger partial charge < -0.3 is 14.2 Å². The lowest BCUT2D eigenvalue weighted by Gasteiger charge is -2.18. The first-order chi connectivity index (χ1) is 33.0. The zero-order chi connectivity index (χ0) is 48.6. The number of allylic oxidation sites excluding steroid dienone is 22. The maximum atomic E-state index is 12.8. The van der Waals surface area contributed by atoms with Crippen LogP contribution in [0.15, 0.2) is 134 Å². The van der Waals surface area contributed by atoms with Crippen molar-refractivity contribution < 1.29 is 28.6 Å². The van der Waals surface area contributed by atoms with Crippen LogP contribution in [0.1, 0.15) is 213 Å². The Hall–Kier alpha value is -4.45. The van der Waals surface area contributed by atoms with Crippen LogP contribution in [0.2, 0.25) is 0 Å². The summed E-state index contributed by atoms with van der Waals surface area (Å²) in [6, 6.07) is 0. The van der Waals surface area contributed by atoms with E-state index in [0.717, 1.165) is 70.6 Å². The monoisotopic (exact) mass is 925 g/mol. The number of hydrogen-bond donors (Lipinski definition) is 0. The second-order valence-electron chi connectivity index (χ2n) is 17.1. The third kappa shape index (κ3) is 52.4. The van der Waals surface area contributed by atoms with Crippen LogP contribution < -0.4 is 0 Å². The lowest BCUT2D eigenvalue weighted by Crippen LogP contribution is -2.30. The Morgan fingerprint density at radius 2 is 0.672 bits per heavy atom. The average Bonchev–Trinajstić information content (AvgIpc) is 3.33. The van der Waals surface area contributed by atoms with Gasteiger partial charge >= 0.3 is 17.9 Å². The molecule has 0 aliphatic heterocycles. The number of esters is 3. The fourth-order valence-corrected chi connectivity index (χ4v) is 6.80. The van der Waals surface area contributed by atoms with E-state index in [1.54, 1.807) is 0 Å². The normalized spacial score (nSPS) is 13.2. The van der Waals surface area contributed by atoms with Crippen molar-refractivity contribution in [3.63, 3.8) is 0 Å². The van der Waals surface area contributed by atoms with Gasteiger partial charge in [0.25, 0.3) is 0 Å². The van der Waals surface area contributed by atoms with Gasteiger partial charge in [-0.1, -0.05) is 231 Å². The summed E-state index contributed by atoms with van der Waals surface area (Å²) in [4.78, 5) is 38.0. The molecule has 0 spiro atoms. The molecule has 376 valence electrons. The fourth-order valence-electron chi connectivity index (χ4n) is 6.80. The van der Waals surface area contributed by atoms with E-state index in [2.05, 4.69) is 99.8 Å². The third-order valence-corrected chi connectivity index (χ3v) is 10.7. The molecule has 67 heavy (non-hydrogen) atoms. The molecule has 0 aromatic heterocycles. The molecule has 0 aromatic carbocycles. The van der Waals surface area contributed by atoms with Crippen molar-refractivity contribution in [2.24, 2.45) is 0 Å². The van der Waals surface area contributed by atoms with Crippen molar-refractivity contribution in [1.82, 2.24) is 0 Å². The van der Waals surface area contributed by atoms with Gasteiger partial charge in [-0.25, -0.2) is 0 Å². The van der Waals surface area contributed by atoms with Crippen molar-refractivity contribution in [3.8, 4) is 0 Å². The van der Waals surface area contributed by atoms with Crippen molar-refractivity contribution >= 4 is 17.9 Å². The Morgan fingerprint density at radius 3 is 1.16 bits per heavy atom. The van der Waals surface area contributed by atoms with E-state index in [0.29, 0.717) is 19.3 Å². The van der Waals surface area contributed by atoms with E-state index in [4.69, 9.17) is 14.2 Å². The maximum Gasteiger partial charge on any atom is 0.306 e. The number of carbonyl (C=O) groups excluding carboxylic acids is 3. The molecular weight excluding hydrogens is 829 g/mol. The minimum Gasteiger partial charge on any atom is -0.462 e. The standard InChI is InChI=1S/C61H96O6/c1-4-7-10-13-16-19-22-25-27-29-30-32-33-36-39-42-45-48-51-54-60(63)66-57-58(56-65-59(62)53-50-47-44-41-38-35-24-21-18-15-12-9-6-3)67-61(64)55-52-49-46-43-40-37-34-31-28-26-23-20-17-14-11-8-5-2/h8-9,11-12,15,17-18,20-21,24,26,28-30,34-35,37-38,41,43-44,46,58H,4-7,10,13-14,16,19,22-23,25,27,31-33,36,39-40,42,45,47-57H2,1-3H3/b11-8+,12-9+,18-15+,20-17+,24-21+,28-26+,30-29+,37-34+,38-35+,44-41+,46-43+. The summed E-state index contributed by atoms with van der Waals surface area (Å²) in [5, 5.41) is 0. The van der Waals surface area contributed by atoms with Crippen LogP contribution in [0.25, 0.3) is 0 Å². The molecule has 0 radical (unpaired) electrons. The largest absolute Gasteiger partial charge is 0.462 e. The van der Waals surface area contributed by atoms with Crippen LogP contribution in [0.4, 0.5) is 0 Å². The summed E-state index contributed by atoms with van der Waals surface area (Å²) >= 11 is 0. The number of unbranched alkanes of at least 4 members (excludes halogenated alkanes) is 17. The van der Waals surface area contributed by atoms with Crippen LogP contribution in [0.5, 0.6) is 0 Å². The number of hydrogen-bond acceptors (Lipinski definition) is 6. The van der Waals surface area contributed by atoms with Crippen LogP contribution in [0.3, 0.4) is 0 Å². The minimum absolute atomic E-state index is 0.130. The zero-order valence-electron chi connectivity index (χ0n) is 42.9. The highest BCUT2D eigenvalue weighted by Gasteiger charge is 2.19. The number of carbonyl (C=O) groups is 3. The van der Waals surface area contributed by atoms with Crippen molar-refractivity contribution in [1.29, 1.82) is 0 Å². The first-order valence-electron chi connectivity index (χ1n) is 26.8. The highest BCUT2D eigenvalue weighted by atomic mass is 16.6. The molecule has 0 saturated carbocycles. The highest BCUT2D eigenvalue weighted by molar-refractivity contribution is 5.71. The quantitative estimate of drug-likeness (QED) is 0.0199. The molecule has 0 aromatic rings. The molecule has 0 N–H and O–H groups in total. The van der Waals surface area contributed by atoms with Crippen molar-refractivity contribution in [2.75, 3.05) is 13.2 Å². The van der Waals surface area contributed by atoms with Gasteiger partial charge in [0.1, 0.15) is 13.2 Å². The van der Waals surface area contributed by atoms with Crippen molar-refractivity contribution in [3.05, 3.63) is 134 Å². The average molecular weight is 925 g/mol. The van der Waals surface area contributed by atoms with E-state index in [-0.39, 0.29) is 38.0 Å². The van der Waals surface area contributed by atoms with E-state index < -0.39 is 12.1 Å². The molecule has 0 aliphatic carbocycles. The topological polar surface area (TPSA) is 78.9 Å². The molecule has 6 heteroatoms. The molecule has 0 fully saturated rings. The van der Waals surface area contributed by atoms with Crippen LogP contribution in [-0.2, 0) is 28.6 Å². The van der Waals surface area contributed by atoms with Gasteiger partial charge in [0.2, 0.25) is 0 Å². The summed E-state index contributed by atoms with van der Waals surface area (Å²) in [6.07, 6.45) is 76.0. The zero-order valence-corrected chi connectivity index (χ0v) is 42.9. The van der Waals surface area contributed by atoms with Crippen LogP contribution in [-0.4, -0.2) is 37.2 Å². The molecule has 0 aliphatic rings. The summed E-state index contributed by atoms with van der Waals surface area (Å²) in [6.45, 7) is 6.25. The van der Waals surface area contributed by atoms with Gasteiger partial charge in [0.15, 0.2) is 6.10 Å².